The lowest BCUT2D eigenvalue weighted by molar-refractivity contribution is 0.553. The lowest BCUT2D eigenvalue weighted by atomic mass is 10.0. The van der Waals surface area contributed by atoms with Gasteiger partial charge in [0.05, 0.1) is 12.2 Å². The van der Waals surface area contributed by atoms with Crippen molar-refractivity contribution in [2.24, 2.45) is 5.92 Å². The Morgan fingerprint density at radius 2 is 1.86 bits per heavy atom. The fourth-order valence-electron chi connectivity index (χ4n) is 2.57. The molecule has 0 aliphatic heterocycles. The second kappa shape index (κ2) is 7.41. The van der Waals surface area contributed by atoms with Gasteiger partial charge in [-0.05, 0) is 56.5 Å². The topological polar surface area (TPSA) is 29.9 Å². The third-order valence-electron chi connectivity index (χ3n) is 3.67. The van der Waals surface area contributed by atoms with E-state index in [0.29, 0.717) is 5.92 Å². The summed E-state index contributed by atoms with van der Waals surface area (Å²) in [4.78, 5) is 0. The Kier molecular flexibility index (Phi) is 5.57. The summed E-state index contributed by atoms with van der Waals surface area (Å²) in [5.41, 5.74) is 5.10. The highest BCUT2D eigenvalue weighted by Gasteiger charge is 2.06. The molecular weight excluding hydrogens is 258 g/mol. The smallest absolute Gasteiger partial charge is 0.0665 e. The van der Waals surface area contributed by atoms with Gasteiger partial charge in [-0.25, -0.2) is 0 Å². The average Bonchev–Trinajstić information content (AvgIpc) is 2.74. The Morgan fingerprint density at radius 1 is 1.14 bits per heavy atom. The predicted molar refractivity (Wildman–Crippen MR) is 88.7 cm³/mol. The molecule has 0 radical (unpaired) electrons. The van der Waals surface area contributed by atoms with E-state index in [0.717, 1.165) is 31.7 Å². The highest BCUT2D eigenvalue weighted by atomic mass is 15.3. The molecule has 0 saturated heterocycles. The van der Waals surface area contributed by atoms with Crippen LogP contribution in [0.2, 0.25) is 0 Å². The molecule has 3 heteroatoms. The van der Waals surface area contributed by atoms with Crippen LogP contribution in [0, 0.1) is 19.8 Å². The molecule has 3 nitrogen and oxygen atoms in total. The van der Waals surface area contributed by atoms with E-state index in [2.05, 4.69) is 66.2 Å². The van der Waals surface area contributed by atoms with E-state index in [9.17, 15) is 0 Å². The number of benzene rings is 1. The zero-order valence-corrected chi connectivity index (χ0v) is 13.7. The fraction of sp³-hybridized carbons (Fsp3) is 0.500. The Morgan fingerprint density at radius 3 is 2.48 bits per heavy atom. The summed E-state index contributed by atoms with van der Waals surface area (Å²) in [6.07, 6.45) is 1.07. The fourth-order valence-corrected chi connectivity index (χ4v) is 2.57. The molecule has 21 heavy (non-hydrogen) atoms. The molecule has 0 spiro atoms. The highest BCUT2D eigenvalue weighted by Crippen LogP contribution is 2.13. The first-order valence-electron chi connectivity index (χ1n) is 7.85. The molecule has 0 atom stereocenters. The second-order valence-corrected chi connectivity index (χ2v) is 6.20. The molecule has 0 unspecified atom stereocenters. The Bertz CT molecular complexity index is 570. The van der Waals surface area contributed by atoms with Crippen molar-refractivity contribution in [2.75, 3.05) is 13.1 Å². The van der Waals surface area contributed by atoms with E-state index in [-0.39, 0.29) is 0 Å². The van der Waals surface area contributed by atoms with Gasteiger partial charge in [-0.1, -0.05) is 38.1 Å². The van der Waals surface area contributed by atoms with Crippen LogP contribution in [0.5, 0.6) is 0 Å². The number of aromatic nitrogens is 2. The van der Waals surface area contributed by atoms with Crippen molar-refractivity contribution in [3.05, 3.63) is 52.8 Å². The van der Waals surface area contributed by atoms with Gasteiger partial charge in [-0.2, -0.15) is 5.10 Å². The maximum absolute atomic E-state index is 4.57. The van der Waals surface area contributed by atoms with Gasteiger partial charge in [0.1, 0.15) is 0 Å². The van der Waals surface area contributed by atoms with Gasteiger partial charge in [0.15, 0.2) is 0 Å². The van der Waals surface area contributed by atoms with Gasteiger partial charge in [0.25, 0.3) is 0 Å². The molecule has 1 aromatic carbocycles. The summed E-state index contributed by atoms with van der Waals surface area (Å²) < 4.78 is 2.09. The molecule has 1 aromatic heterocycles. The maximum atomic E-state index is 4.57. The molecule has 114 valence electrons. The number of rotatable bonds is 7. The number of nitrogens with zero attached hydrogens (tertiary/aromatic N) is 2. The number of aryl methyl sites for hydroxylation is 2. The zero-order chi connectivity index (χ0) is 15.2. The molecule has 2 aromatic rings. The number of hydrogen-bond acceptors (Lipinski definition) is 2. The summed E-state index contributed by atoms with van der Waals surface area (Å²) in [6, 6.07) is 10.8. The predicted octanol–water partition coefficient (Wildman–Crippen LogP) is 3.34. The van der Waals surface area contributed by atoms with Crippen LogP contribution in [-0.2, 0) is 13.0 Å². The van der Waals surface area contributed by atoms with Crippen LogP contribution in [0.3, 0.4) is 0 Å². The lowest BCUT2D eigenvalue weighted by Gasteiger charge is -2.12. The maximum Gasteiger partial charge on any atom is 0.0665 e. The van der Waals surface area contributed by atoms with E-state index in [1.165, 1.54) is 16.8 Å². The molecule has 2 rings (SSSR count). The van der Waals surface area contributed by atoms with Crippen molar-refractivity contribution < 1.29 is 0 Å². The van der Waals surface area contributed by atoms with Gasteiger partial charge in [0, 0.05) is 5.69 Å². The summed E-state index contributed by atoms with van der Waals surface area (Å²) in [5.74, 6) is 0.704. The highest BCUT2D eigenvalue weighted by molar-refractivity contribution is 5.28. The van der Waals surface area contributed by atoms with Crippen molar-refractivity contribution in [3.63, 3.8) is 0 Å². The van der Waals surface area contributed by atoms with Gasteiger partial charge in [0.2, 0.25) is 0 Å². The Hall–Kier alpha value is -1.61. The van der Waals surface area contributed by atoms with Crippen LogP contribution >= 0.6 is 0 Å². The lowest BCUT2D eigenvalue weighted by Crippen LogP contribution is -2.22. The molecular formula is C18H27N3. The van der Waals surface area contributed by atoms with Crippen LogP contribution in [0.25, 0.3) is 0 Å². The van der Waals surface area contributed by atoms with Crippen LogP contribution in [0.1, 0.15) is 36.4 Å². The molecule has 0 fully saturated rings. The van der Waals surface area contributed by atoms with Crippen molar-refractivity contribution in [3.8, 4) is 0 Å². The molecule has 1 N–H and O–H groups in total. The van der Waals surface area contributed by atoms with Gasteiger partial charge < -0.3 is 5.32 Å². The van der Waals surface area contributed by atoms with Crippen LogP contribution in [0.15, 0.2) is 30.3 Å². The first-order valence-corrected chi connectivity index (χ1v) is 7.85. The summed E-state index contributed by atoms with van der Waals surface area (Å²) in [7, 11) is 0. The normalized spacial score (nSPS) is 11.3. The van der Waals surface area contributed by atoms with Crippen LogP contribution in [-0.4, -0.2) is 22.9 Å². The van der Waals surface area contributed by atoms with Crippen molar-refractivity contribution in [1.82, 2.24) is 15.1 Å². The first-order chi connectivity index (χ1) is 10.1. The van der Waals surface area contributed by atoms with Crippen LogP contribution < -0.4 is 5.32 Å². The molecule has 1 heterocycles. The van der Waals surface area contributed by atoms with E-state index < -0.39 is 0 Å². The molecule has 0 amide bonds. The van der Waals surface area contributed by atoms with E-state index in [4.69, 9.17) is 0 Å². The summed E-state index contributed by atoms with van der Waals surface area (Å²) in [5, 5.41) is 8.08. The first kappa shape index (κ1) is 15.8. The van der Waals surface area contributed by atoms with Crippen molar-refractivity contribution in [1.29, 1.82) is 0 Å². The van der Waals surface area contributed by atoms with E-state index >= 15 is 0 Å². The van der Waals surface area contributed by atoms with E-state index in [1.807, 2.05) is 6.92 Å². The second-order valence-electron chi connectivity index (χ2n) is 6.20. The quantitative estimate of drug-likeness (QED) is 0.791. The summed E-state index contributed by atoms with van der Waals surface area (Å²) in [6.45, 7) is 11.6. The van der Waals surface area contributed by atoms with Gasteiger partial charge in [-0.15, -0.1) is 0 Å². The SMILES string of the molecule is Cc1cc(C)n(Cc2ccccc2CCNCC(C)C)n1. The van der Waals surface area contributed by atoms with Gasteiger partial charge >= 0.3 is 0 Å². The molecule has 0 aliphatic carbocycles. The van der Waals surface area contributed by atoms with Gasteiger partial charge in [-0.3, -0.25) is 4.68 Å². The molecule has 0 saturated carbocycles. The number of nitrogens with one attached hydrogen (secondary N) is 1. The summed E-state index contributed by atoms with van der Waals surface area (Å²) >= 11 is 0. The van der Waals surface area contributed by atoms with E-state index in [1.54, 1.807) is 0 Å². The largest absolute Gasteiger partial charge is 0.316 e. The minimum Gasteiger partial charge on any atom is -0.316 e. The Labute approximate surface area is 128 Å². The average molecular weight is 285 g/mol. The zero-order valence-electron chi connectivity index (χ0n) is 13.7. The third-order valence-corrected chi connectivity index (χ3v) is 3.67. The minimum absolute atomic E-state index is 0.704. The number of hydrogen-bond donors (Lipinski definition) is 1. The van der Waals surface area contributed by atoms with Crippen molar-refractivity contribution >= 4 is 0 Å². The van der Waals surface area contributed by atoms with Crippen LogP contribution in [0.4, 0.5) is 0 Å². The minimum atomic E-state index is 0.704. The monoisotopic (exact) mass is 285 g/mol. The van der Waals surface area contributed by atoms with Crippen molar-refractivity contribution in [2.45, 2.75) is 40.7 Å². The molecule has 0 bridgehead atoms. The molecule has 0 aliphatic rings. The Balaban J connectivity index is 2.01. The standard InChI is InChI=1S/C18H27N3/c1-14(2)12-19-10-9-17-7-5-6-8-18(17)13-21-16(4)11-15(3)20-21/h5-8,11,14,19H,9-10,12-13H2,1-4H3. The third kappa shape index (κ3) is 4.71.